The van der Waals surface area contributed by atoms with Crippen molar-refractivity contribution < 1.29 is 9.84 Å². The van der Waals surface area contributed by atoms with Crippen LogP contribution in [0.25, 0.3) is 0 Å². The molecule has 1 saturated heterocycles. The van der Waals surface area contributed by atoms with Crippen LogP contribution in [0.2, 0.25) is 0 Å². The minimum Gasteiger partial charge on any atom is -0.390 e. The van der Waals surface area contributed by atoms with E-state index in [2.05, 4.69) is 20.8 Å². The van der Waals surface area contributed by atoms with Gasteiger partial charge in [-0.1, -0.05) is 20.8 Å². The smallest absolute Gasteiger partial charge is 0.0837 e. The highest BCUT2D eigenvalue weighted by molar-refractivity contribution is 4.91. The van der Waals surface area contributed by atoms with Crippen molar-refractivity contribution in [3.8, 4) is 0 Å². The lowest BCUT2D eigenvalue weighted by molar-refractivity contribution is -0.0525. The maximum absolute atomic E-state index is 9.98. The van der Waals surface area contributed by atoms with Gasteiger partial charge in [-0.15, -0.1) is 0 Å². The Hall–Kier alpha value is -0.0800. The summed E-state index contributed by atoms with van der Waals surface area (Å²) in [6.07, 6.45) is 1.07. The predicted molar refractivity (Wildman–Crippen MR) is 44.4 cm³/mol. The first-order chi connectivity index (χ1) is 4.83. The molecule has 0 spiro atoms. The van der Waals surface area contributed by atoms with Crippen molar-refractivity contribution in [2.75, 3.05) is 6.61 Å². The van der Waals surface area contributed by atoms with E-state index < -0.39 is 5.60 Å². The fourth-order valence-electron chi connectivity index (χ4n) is 0.935. The van der Waals surface area contributed by atoms with Crippen molar-refractivity contribution in [3.05, 3.63) is 0 Å². The fourth-order valence-corrected chi connectivity index (χ4v) is 0.935. The molecule has 0 radical (unpaired) electrons. The first-order valence-electron chi connectivity index (χ1n) is 4.17. The van der Waals surface area contributed by atoms with Crippen LogP contribution in [-0.4, -0.2) is 23.4 Å². The van der Waals surface area contributed by atoms with E-state index in [1.165, 1.54) is 0 Å². The van der Waals surface area contributed by atoms with Crippen molar-refractivity contribution in [1.29, 1.82) is 0 Å². The zero-order chi connectivity index (χ0) is 8.70. The third kappa shape index (κ3) is 2.17. The van der Waals surface area contributed by atoms with Gasteiger partial charge in [0.25, 0.3) is 0 Å². The summed E-state index contributed by atoms with van der Waals surface area (Å²) in [7, 11) is 0. The molecular weight excluding hydrogens is 140 g/mol. The quantitative estimate of drug-likeness (QED) is 0.619. The maximum Gasteiger partial charge on any atom is 0.0837 e. The van der Waals surface area contributed by atoms with Gasteiger partial charge in [0.05, 0.1) is 18.3 Å². The van der Waals surface area contributed by atoms with Crippen LogP contribution in [-0.2, 0) is 4.74 Å². The average molecular weight is 158 g/mol. The first-order valence-corrected chi connectivity index (χ1v) is 4.17. The second-order valence-electron chi connectivity index (χ2n) is 4.68. The molecule has 1 aliphatic heterocycles. The summed E-state index contributed by atoms with van der Waals surface area (Å²) in [5.41, 5.74) is -0.660. The van der Waals surface area contributed by atoms with E-state index in [4.69, 9.17) is 4.74 Å². The van der Waals surface area contributed by atoms with Crippen LogP contribution >= 0.6 is 0 Å². The van der Waals surface area contributed by atoms with Gasteiger partial charge in [-0.25, -0.2) is 0 Å². The van der Waals surface area contributed by atoms with E-state index in [-0.39, 0.29) is 5.41 Å². The van der Waals surface area contributed by atoms with Crippen molar-refractivity contribution >= 4 is 0 Å². The van der Waals surface area contributed by atoms with Crippen LogP contribution in [0.15, 0.2) is 0 Å². The maximum atomic E-state index is 9.98. The number of hydrogen-bond donors (Lipinski definition) is 1. The lowest BCUT2D eigenvalue weighted by Crippen LogP contribution is -2.40. The molecule has 1 fully saturated rings. The second-order valence-corrected chi connectivity index (χ2v) is 4.68. The van der Waals surface area contributed by atoms with Gasteiger partial charge in [-0.05, 0) is 12.3 Å². The zero-order valence-electron chi connectivity index (χ0n) is 7.85. The van der Waals surface area contributed by atoms with Gasteiger partial charge < -0.3 is 9.84 Å². The van der Waals surface area contributed by atoms with Gasteiger partial charge in [0.2, 0.25) is 0 Å². The van der Waals surface area contributed by atoms with E-state index in [1.807, 2.05) is 6.92 Å². The van der Waals surface area contributed by atoms with Gasteiger partial charge >= 0.3 is 0 Å². The molecule has 0 saturated carbocycles. The highest BCUT2D eigenvalue weighted by Crippen LogP contribution is 2.36. The Morgan fingerprint density at radius 2 is 1.82 bits per heavy atom. The van der Waals surface area contributed by atoms with Crippen molar-refractivity contribution in [3.63, 3.8) is 0 Å². The molecule has 2 nitrogen and oxygen atoms in total. The molecule has 1 N–H and O–H groups in total. The molecule has 1 heterocycles. The van der Waals surface area contributed by atoms with Gasteiger partial charge in [-0.3, -0.25) is 0 Å². The van der Waals surface area contributed by atoms with E-state index >= 15 is 0 Å². The van der Waals surface area contributed by atoms with Crippen LogP contribution in [0.1, 0.15) is 34.1 Å². The molecule has 0 aromatic rings. The third-order valence-electron chi connectivity index (χ3n) is 2.64. The van der Waals surface area contributed by atoms with E-state index in [9.17, 15) is 5.11 Å². The van der Waals surface area contributed by atoms with Gasteiger partial charge in [0.15, 0.2) is 0 Å². The topological polar surface area (TPSA) is 32.8 Å². The Morgan fingerprint density at radius 1 is 1.36 bits per heavy atom. The summed E-state index contributed by atoms with van der Waals surface area (Å²) < 4.78 is 5.08. The molecular formula is C9H18O2. The van der Waals surface area contributed by atoms with Crippen LogP contribution < -0.4 is 0 Å². The largest absolute Gasteiger partial charge is 0.390 e. The minimum atomic E-state index is -0.603. The molecule has 66 valence electrons. The molecule has 0 aliphatic carbocycles. The third-order valence-corrected chi connectivity index (χ3v) is 2.64. The molecule has 1 rings (SSSR count). The number of aliphatic hydroxyl groups is 1. The molecule has 0 aromatic heterocycles. The second kappa shape index (κ2) is 2.46. The summed E-state index contributed by atoms with van der Waals surface area (Å²) in [5, 5.41) is 9.98. The number of rotatable bonds is 2. The fraction of sp³-hybridized carbons (Fsp3) is 1.00. The molecule has 0 amide bonds. The SMILES string of the molecule is CC(C)(C)[C@@](C)(O)C[C@@H]1CO1. The van der Waals surface area contributed by atoms with Crippen LogP contribution in [0.4, 0.5) is 0 Å². The van der Waals surface area contributed by atoms with Crippen LogP contribution in [0, 0.1) is 5.41 Å². The Bertz CT molecular complexity index is 140. The molecule has 2 heteroatoms. The predicted octanol–water partition coefficient (Wildman–Crippen LogP) is 1.57. The standard InChI is InChI=1S/C9H18O2/c1-8(2,3)9(4,10)5-7-6-11-7/h7,10H,5-6H2,1-4H3/t7-,9+/m1/s1. The normalized spacial score (nSPS) is 29.7. The Kier molecular flexibility index (Phi) is 2.01. The number of hydrogen-bond acceptors (Lipinski definition) is 2. The van der Waals surface area contributed by atoms with Gasteiger partial charge in [0, 0.05) is 6.42 Å². The Morgan fingerprint density at radius 3 is 2.09 bits per heavy atom. The number of epoxide rings is 1. The summed E-state index contributed by atoms with van der Waals surface area (Å²) in [5.74, 6) is 0. The van der Waals surface area contributed by atoms with E-state index in [0.29, 0.717) is 6.10 Å². The highest BCUT2D eigenvalue weighted by Gasteiger charge is 2.40. The molecule has 0 bridgehead atoms. The van der Waals surface area contributed by atoms with Crippen LogP contribution in [0.3, 0.4) is 0 Å². The van der Waals surface area contributed by atoms with Gasteiger partial charge in [-0.2, -0.15) is 0 Å². The van der Waals surface area contributed by atoms with Crippen molar-refractivity contribution in [2.45, 2.75) is 45.8 Å². The zero-order valence-corrected chi connectivity index (χ0v) is 7.85. The Labute approximate surface area is 68.6 Å². The van der Waals surface area contributed by atoms with E-state index in [1.54, 1.807) is 0 Å². The molecule has 1 aliphatic rings. The van der Waals surface area contributed by atoms with Crippen molar-refractivity contribution in [1.82, 2.24) is 0 Å². The van der Waals surface area contributed by atoms with E-state index in [0.717, 1.165) is 13.0 Å². The number of ether oxygens (including phenoxy) is 1. The molecule has 2 atom stereocenters. The summed E-state index contributed by atoms with van der Waals surface area (Å²) >= 11 is 0. The summed E-state index contributed by atoms with van der Waals surface area (Å²) in [6, 6.07) is 0. The average Bonchev–Trinajstić information content (AvgIpc) is 2.45. The Balaban J connectivity index is 2.49. The van der Waals surface area contributed by atoms with Crippen LogP contribution in [0.5, 0.6) is 0 Å². The van der Waals surface area contributed by atoms with Crippen molar-refractivity contribution in [2.24, 2.45) is 5.41 Å². The lowest BCUT2D eigenvalue weighted by Gasteiger charge is -2.36. The highest BCUT2D eigenvalue weighted by atomic mass is 16.6. The monoisotopic (exact) mass is 158 g/mol. The first kappa shape index (κ1) is 9.01. The minimum absolute atomic E-state index is 0.0566. The molecule has 11 heavy (non-hydrogen) atoms. The van der Waals surface area contributed by atoms with Gasteiger partial charge in [0.1, 0.15) is 0 Å². The lowest BCUT2D eigenvalue weighted by atomic mass is 9.75. The summed E-state index contributed by atoms with van der Waals surface area (Å²) in [4.78, 5) is 0. The molecule has 0 unspecified atom stereocenters. The summed E-state index contributed by atoms with van der Waals surface area (Å²) in [6.45, 7) is 8.86. The molecule has 0 aromatic carbocycles.